The Kier molecular flexibility index (Phi) is 3.02. The summed E-state index contributed by atoms with van der Waals surface area (Å²) in [6.07, 6.45) is 1.11. The Morgan fingerprint density at radius 1 is 1.28 bits per heavy atom. The maximum atomic E-state index is 5.53. The SMILES string of the molecule is Cc1ccc(-c2nc(N3CCCNCC3)n[nH]2)o1. The summed E-state index contributed by atoms with van der Waals surface area (Å²) in [7, 11) is 0. The highest BCUT2D eigenvalue weighted by molar-refractivity contribution is 5.49. The predicted molar refractivity (Wildman–Crippen MR) is 68.5 cm³/mol. The van der Waals surface area contributed by atoms with Crippen LogP contribution in [-0.4, -0.2) is 41.4 Å². The van der Waals surface area contributed by atoms with E-state index in [9.17, 15) is 0 Å². The maximum absolute atomic E-state index is 5.53. The number of furan rings is 1. The minimum atomic E-state index is 0.690. The summed E-state index contributed by atoms with van der Waals surface area (Å²) >= 11 is 0. The van der Waals surface area contributed by atoms with Crippen molar-refractivity contribution >= 4 is 5.95 Å². The Hall–Kier alpha value is -1.82. The molecule has 3 rings (SSSR count). The smallest absolute Gasteiger partial charge is 0.245 e. The van der Waals surface area contributed by atoms with Crippen molar-refractivity contribution in [1.82, 2.24) is 20.5 Å². The van der Waals surface area contributed by atoms with Crippen LogP contribution in [0.25, 0.3) is 11.6 Å². The second kappa shape index (κ2) is 4.81. The molecule has 1 aliphatic rings. The van der Waals surface area contributed by atoms with Crippen LogP contribution in [0, 0.1) is 6.92 Å². The average Bonchev–Trinajstić information content (AvgIpc) is 2.92. The molecule has 0 bridgehead atoms. The number of hydrogen-bond acceptors (Lipinski definition) is 5. The van der Waals surface area contributed by atoms with Gasteiger partial charge in [-0.25, -0.2) is 0 Å². The number of anilines is 1. The minimum absolute atomic E-state index is 0.690. The van der Waals surface area contributed by atoms with Gasteiger partial charge in [-0.05, 0) is 32.0 Å². The first-order valence-corrected chi connectivity index (χ1v) is 6.28. The highest BCUT2D eigenvalue weighted by atomic mass is 16.3. The van der Waals surface area contributed by atoms with Crippen molar-refractivity contribution in [2.75, 3.05) is 31.1 Å². The number of aryl methyl sites for hydroxylation is 1. The van der Waals surface area contributed by atoms with E-state index in [1.165, 1.54) is 0 Å². The Morgan fingerprint density at radius 2 is 2.22 bits per heavy atom. The second-order valence-electron chi connectivity index (χ2n) is 4.48. The van der Waals surface area contributed by atoms with E-state index in [0.29, 0.717) is 5.82 Å². The highest BCUT2D eigenvalue weighted by Crippen LogP contribution is 2.20. The topological polar surface area (TPSA) is 70.0 Å². The molecule has 0 saturated carbocycles. The van der Waals surface area contributed by atoms with Crippen molar-refractivity contribution in [3.63, 3.8) is 0 Å². The molecule has 2 N–H and O–H groups in total. The summed E-state index contributed by atoms with van der Waals surface area (Å²) < 4.78 is 5.53. The lowest BCUT2D eigenvalue weighted by Crippen LogP contribution is -2.28. The van der Waals surface area contributed by atoms with Crippen molar-refractivity contribution < 1.29 is 4.42 Å². The Balaban J connectivity index is 1.80. The van der Waals surface area contributed by atoms with Crippen LogP contribution >= 0.6 is 0 Å². The molecule has 3 heterocycles. The number of nitrogens with zero attached hydrogens (tertiary/aromatic N) is 3. The summed E-state index contributed by atoms with van der Waals surface area (Å²) in [5, 5.41) is 10.6. The quantitative estimate of drug-likeness (QED) is 0.833. The fourth-order valence-corrected chi connectivity index (χ4v) is 2.11. The second-order valence-corrected chi connectivity index (χ2v) is 4.48. The number of nitrogens with one attached hydrogen (secondary N) is 2. The third-order valence-corrected chi connectivity index (χ3v) is 3.07. The lowest BCUT2D eigenvalue weighted by molar-refractivity contribution is 0.544. The lowest BCUT2D eigenvalue weighted by atomic mass is 10.4. The summed E-state index contributed by atoms with van der Waals surface area (Å²) in [4.78, 5) is 6.69. The van der Waals surface area contributed by atoms with Crippen LogP contribution < -0.4 is 10.2 Å². The zero-order valence-corrected chi connectivity index (χ0v) is 10.4. The first-order chi connectivity index (χ1) is 8.83. The fraction of sp³-hybridized carbons (Fsp3) is 0.500. The minimum Gasteiger partial charge on any atom is -0.458 e. The van der Waals surface area contributed by atoms with Crippen LogP contribution in [0.3, 0.4) is 0 Å². The molecular weight excluding hydrogens is 230 g/mol. The normalized spacial score (nSPS) is 16.8. The van der Waals surface area contributed by atoms with Gasteiger partial charge in [0.05, 0.1) is 0 Å². The number of hydrogen-bond donors (Lipinski definition) is 2. The molecule has 0 aliphatic carbocycles. The summed E-state index contributed by atoms with van der Waals surface area (Å²) in [5.74, 6) is 3.05. The van der Waals surface area contributed by atoms with E-state index < -0.39 is 0 Å². The van der Waals surface area contributed by atoms with Gasteiger partial charge in [0.25, 0.3) is 0 Å². The van der Waals surface area contributed by atoms with Crippen LogP contribution in [0.5, 0.6) is 0 Å². The highest BCUT2D eigenvalue weighted by Gasteiger charge is 2.15. The Bertz CT molecular complexity index is 510. The van der Waals surface area contributed by atoms with Gasteiger partial charge in [-0.2, -0.15) is 4.98 Å². The summed E-state index contributed by atoms with van der Waals surface area (Å²) in [5.41, 5.74) is 0. The van der Waals surface area contributed by atoms with Crippen LogP contribution in [-0.2, 0) is 0 Å². The third kappa shape index (κ3) is 2.24. The first kappa shape index (κ1) is 11.3. The molecule has 0 amide bonds. The molecular formula is C12H17N5O. The summed E-state index contributed by atoms with van der Waals surface area (Å²) in [6, 6.07) is 3.83. The average molecular weight is 247 g/mol. The molecule has 0 unspecified atom stereocenters. The Labute approximate surface area is 105 Å². The van der Waals surface area contributed by atoms with Gasteiger partial charge in [0.1, 0.15) is 5.76 Å². The van der Waals surface area contributed by atoms with Gasteiger partial charge in [0.15, 0.2) is 11.6 Å². The van der Waals surface area contributed by atoms with E-state index in [4.69, 9.17) is 4.42 Å². The molecule has 18 heavy (non-hydrogen) atoms. The van der Waals surface area contributed by atoms with Gasteiger partial charge in [0, 0.05) is 19.6 Å². The molecule has 1 aliphatic heterocycles. The van der Waals surface area contributed by atoms with Crippen LogP contribution in [0.1, 0.15) is 12.2 Å². The van der Waals surface area contributed by atoms with E-state index in [1.807, 2.05) is 19.1 Å². The van der Waals surface area contributed by atoms with Crippen LogP contribution in [0.15, 0.2) is 16.5 Å². The van der Waals surface area contributed by atoms with Crippen molar-refractivity contribution in [2.24, 2.45) is 0 Å². The number of aromatic nitrogens is 3. The van der Waals surface area contributed by atoms with E-state index in [-0.39, 0.29) is 0 Å². The molecule has 0 aromatic carbocycles. The van der Waals surface area contributed by atoms with Gasteiger partial charge >= 0.3 is 0 Å². The monoisotopic (exact) mass is 247 g/mol. The zero-order valence-electron chi connectivity index (χ0n) is 10.4. The van der Waals surface area contributed by atoms with Gasteiger partial charge in [-0.15, -0.1) is 5.10 Å². The van der Waals surface area contributed by atoms with Crippen molar-refractivity contribution in [1.29, 1.82) is 0 Å². The molecule has 1 fully saturated rings. The number of rotatable bonds is 2. The van der Waals surface area contributed by atoms with Crippen molar-refractivity contribution in [3.8, 4) is 11.6 Å². The first-order valence-electron chi connectivity index (χ1n) is 6.28. The van der Waals surface area contributed by atoms with E-state index in [1.54, 1.807) is 0 Å². The number of aromatic amines is 1. The molecule has 2 aromatic rings. The number of H-pyrrole nitrogens is 1. The molecule has 1 saturated heterocycles. The molecule has 2 aromatic heterocycles. The van der Waals surface area contributed by atoms with E-state index in [0.717, 1.165) is 50.1 Å². The molecule has 0 atom stereocenters. The van der Waals surface area contributed by atoms with Crippen molar-refractivity contribution in [3.05, 3.63) is 17.9 Å². The summed E-state index contributed by atoms with van der Waals surface area (Å²) in [6.45, 7) is 5.88. The molecule has 6 heteroatoms. The zero-order chi connectivity index (χ0) is 12.4. The standard InChI is InChI=1S/C12H17N5O/c1-9-3-4-10(18-9)11-14-12(16-15-11)17-7-2-5-13-6-8-17/h3-4,13H,2,5-8H2,1H3,(H,14,15,16). The molecule has 0 spiro atoms. The van der Waals surface area contributed by atoms with Gasteiger partial charge in [-0.3, -0.25) is 5.10 Å². The molecule has 96 valence electrons. The van der Waals surface area contributed by atoms with Gasteiger partial charge < -0.3 is 14.6 Å². The Morgan fingerprint density at radius 3 is 3.06 bits per heavy atom. The maximum Gasteiger partial charge on any atom is 0.245 e. The predicted octanol–water partition coefficient (Wildman–Crippen LogP) is 1.17. The largest absolute Gasteiger partial charge is 0.458 e. The molecule has 6 nitrogen and oxygen atoms in total. The van der Waals surface area contributed by atoms with Crippen LogP contribution in [0.4, 0.5) is 5.95 Å². The van der Waals surface area contributed by atoms with Gasteiger partial charge in [-0.1, -0.05) is 0 Å². The lowest BCUT2D eigenvalue weighted by Gasteiger charge is -2.16. The van der Waals surface area contributed by atoms with E-state index in [2.05, 4.69) is 25.4 Å². The van der Waals surface area contributed by atoms with Gasteiger partial charge in [0.2, 0.25) is 5.95 Å². The van der Waals surface area contributed by atoms with Crippen molar-refractivity contribution in [2.45, 2.75) is 13.3 Å². The third-order valence-electron chi connectivity index (χ3n) is 3.07. The molecule has 0 radical (unpaired) electrons. The van der Waals surface area contributed by atoms with Crippen LogP contribution in [0.2, 0.25) is 0 Å². The van der Waals surface area contributed by atoms with E-state index >= 15 is 0 Å². The fourth-order valence-electron chi connectivity index (χ4n) is 2.11.